The number of amides is 1. The van der Waals surface area contributed by atoms with E-state index >= 15 is 0 Å². The van der Waals surface area contributed by atoms with Crippen molar-refractivity contribution in [2.45, 2.75) is 26.4 Å². The Kier molecular flexibility index (Phi) is 5.78. The predicted molar refractivity (Wildman–Crippen MR) is 129 cm³/mol. The number of hydrogen-bond donors (Lipinski definition) is 5. The second-order valence-corrected chi connectivity index (χ2v) is 8.30. The zero-order valence-corrected chi connectivity index (χ0v) is 18.6. The van der Waals surface area contributed by atoms with Crippen molar-refractivity contribution < 1.29 is 19.3 Å². The smallest absolute Gasteiger partial charge is 0.460 e. The van der Waals surface area contributed by atoms with Crippen LogP contribution in [0.4, 0.5) is 5.82 Å². The largest absolute Gasteiger partial charge is 0.488 e. The second-order valence-electron chi connectivity index (χ2n) is 8.30. The number of primary amides is 1. The molecule has 0 fully saturated rings. The number of rotatable bonds is 6. The first-order valence-electron chi connectivity index (χ1n) is 11.0. The highest BCUT2D eigenvalue weighted by Gasteiger charge is 2.23. The number of para-hydroxylation sites is 1. The fraction of sp³-hybridized carbons (Fsp3) is 0.208. The molecule has 34 heavy (non-hydrogen) atoms. The van der Waals surface area contributed by atoms with E-state index in [-0.39, 0.29) is 0 Å². The molecule has 0 radical (unpaired) electrons. The van der Waals surface area contributed by atoms with Gasteiger partial charge >= 0.3 is 7.12 Å². The Hall–Kier alpha value is -3.73. The third-order valence-corrected chi connectivity index (χ3v) is 6.02. The molecule has 4 aromatic rings. The fourth-order valence-corrected chi connectivity index (χ4v) is 4.36. The lowest BCUT2D eigenvalue weighted by Crippen LogP contribution is -2.30. The molecule has 9 nitrogen and oxygen atoms in total. The number of nitrogens with zero attached hydrogens (tertiary/aromatic N) is 2. The van der Waals surface area contributed by atoms with Crippen LogP contribution in [0.3, 0.4) is 0 Å². The minimum absolute atomic E-state index is 0.318. The van der Waals surface area contributed by atoms with Crippen LogP contribution in [-0.2, 0) is 19.5 Å². The summed E-state index contributed by atoms with van der Waals surface area (Å²) in [4.78, 5) is 21.6. The van der Waals surface area contributed by atoms with Crippen LogP contribution in [0.1, 0.15) is 32.9 Å². The molecule has 2 aromatic heterocycles. The molecule has 0 saturated carbocycles. The highest BCUT2D eigenvalue weighted by molar-refractivity contribution is 6.58. The molecule has 3 heterocycles. The highest BCUT2D eigenvalue weighted by atomic mass is 16.4. The van der Waals surface area contributed by atoms with E-state index in [0.717, 1.165) is 40.7 Å². The van der Waals surface area contributed by atoms with E-state index in [4.69, 9.17) is 20.1 Å². The van der Waals surface area contributed by atoms with E-state index in [1.807, 2.05) is 19.1 Å². The molecule has 10 heteroatoms. The third kappa shape index (κ3) is 4.03. The molecule has 172 valence electrons. The van der Waals surface area contributed by atoms with E-state index in [1.54, 1.807) is 30.3 Å². The van der Waals surface area contributed by atoms with Crippen molar-refractivity contribution in [3.63, 3.8) is 0 Å². The summed E-state index contributed by atoms with van der Waals surface area (Å²) in [5, 5.41) is 26.4. The Morgan fingerprint density at radius 1 is 1.24 bits per heavy atom. The lowest BCUT2D eigenvalue weighted by molar-refractivity contribution is 0.100. The number of hydrogen-bond acceptors (Lipinski definition) is 8. The molecule has 0 bridgehead atoms. The summed E-state index contributed by atoms with van der Waals surface area (Å²) < 4.78 is 5.93. The minimum atomic E-state index is -1.52. The van der Waals surface area contributed by atoms with Crippen molar-refractivity contribution in [1.82, 2.24) is 15.3 Å². The maximum Gasteiger partial charge on any atom is 0.488 e. The summed E-state index contributed by atoms with van der Waals surface area (Å²) in [6.07, 6.45) is 0.757. The SMILES string of the molecule is Cc1oc2c(C(N)=O)cccc2c1-c1nc2c(c(NCc3cccc(B(O)O)c3)n1)CNCC2. The average molecular weight is 457 g/mol. The zero-order valence-electron chi connectivity index (χ0n) is 18.6. The third-order valence-electron chi connectivity index (χ3n) is 6.02. The molecule has 0 atom stereocenters. The normalized spacial score (nSPS) is 13.0. The van der Waals surface area contributed by atoms with Gasteiger partial charge in [-0.2, -0.15) is 0 Å². The molecule has 1 aliphatic rings. The van der Waals surface area contributed by atoms with Crippen LogP contribution in [0.2, 0.25) is 0 Å². The van der Waals surface area contributed by atoms with Gasteiger partial charge in [0.25, 0.3) is 5.91 Å². The number of carbonyl (C=O) groups is 1. The Labute approximate surface area is 196 Å². The van der Waals surface area contributed by atoms with Gasteiger partial charge < -0.3 is 30.8 Å². The van der Waals surface area contributed by atoms with Gasteiger partial charge in [-0.25, -0.2) is 9.97 Å². The monoisotopic (exact) mass is 457 g/mol. The average Bonchev–Trinajstić information content (AvgIpc) is 3.18. The summed E-state index contributed by atoms with van der Waals surface area (Å²) in [7, 11) is -1.52. The Bertz CT molecular complexity index is 1400. The number of aromatic nitrogens is 2. The van der Waals surface area contributed by atoms with Crippen LogP contribution in [0.15, 0.2) is 46.9 Å². The Balaban J connectivity index is 1.57. The lowest BCUT2D eigenvalue weighted by atomic mass is 9.79. The summed E-state index contributed by atoms with van der Waals surface area (Å²) in [5.74, 6) is 1.26. The topological polar surface area (TPSA) is 147 Å². The number of anilines is 1. The van der Waals surface area contributed by atoms with Crippen LogP contribution in [0.25, 0.3) is 22.4 Å². The molecule has 2 aromatic carbocycles. The number of nitrogens with one attached hydrogen (secondary N) is 2. The standard InChI is InChI=1S/C24H24BN5O4/c1-13-20(16-6-3-7-17(22(26)31)21(16)34-13)24-29-19-8-9-27-12-18(19)23(30-24)28-11-14-4-2-5-15(10-14)25(32)33/h2-7,10,27,32-33H,8-9,11-12H2,1H3,(H2,26,31)(H,28,29,30). The number of furan rings is 1. The van der Waals surface area contributed by atoms with Gasteiger partial charge in [-0.15, -0.1) is 0 Å². The molecule has 5 rings (SSSR count). The maximum absolute atomic E-state index is 11.9. The summed E-state index contributed by atoms with van der Waals surface area (Å²) in [6.45, 7) is 3.73. The zero-order chi connectivity index (χ0) is 23.8. The van der Waals surface area contributed by atoms with Gasteiger partial charge in [-0.1, -0.05) is 36.4 Å². The van der Waals surface area contributed by atoms with Gasteiger partial charge in [0.2, 0.25) is 0 Å². The first-order valence-corrected chi connectivity index (χ1v) is 11.0. The van der Waals surface area contributed by atoms with Gasteiger partial charge in [0.15, 0.2) is 5.82 Å². The van der Waals surface area contributed by atoms with Gasteiger partial charge in [-0.3, -0.25) is 4.79 Å². The number of carbonyl (C=O) groups excluding carboxylic acids is 1. The number of nitrogens with two attached hydrogens (primary N) is 1. The van der Waals surface area contributed by atoms with Crippen LogP contribution < -0.4 is 21.8 Å². The molecule has 1 amide bonds. The van der Waals surface area contributed by atoms with E-state index < -0.39 is 13.0 Å². The van der Waals surface area contributed by atoms with Crippen molar-refractivity contribution in [1.29, 1.82) is 0 Å². The molecule has 0 spiro atoms. The fourth-order valence-electron chi connectivity index (χ4n) is 4.36. The summed E-state index contributed by atoms with van der Waals surface area (Å²) in [5.41, 5.74) is 10.3. The lowest BCUT2D eigenvalue weighted by Gasteiger charge is -2.21. The number of fused-ring (bicyclic) bond motifs is 2. The van der Waals surface area contributed by atoms with Gasteiger partial charge in [0, 0.05) is 37.0 Å². The molecule has 0 aliphatic carbocycles. The molecule has 0 unspecified atom stereocenters. The quantitative estimate of drug-likeness (QED) is 0.272. The molecule has 0 saturated heterocycles. The predicted octanol–water partition coefficient (Wildman–Crippen LogP) is 1.23. The number of aryl methyl sites for hydroxylation is 1. The molecular weight excluding hydrogens is 433 g/mol. The van der Waals surface area contributed by atoms with Crippen LogP contribution >= 0.6 is 0 Å². The van der Waals surface area contributed by atoms with Crippen molar-refractivity contribution >= 4 is 35.3 Å². The van der Waals surface area contributed by atoms with E-state index in [2.05, 4.69) is 10.6 Å². The minimum Gasteiger partial charge on any atom is -0.460 e. The molecule has 1 aliphatic heterocycles. The van der Waals surface area contributed by atoms with Crippen molar-refractivity contribution in [3.8, 4) is 11.4 Å². The van der Waals surface area contributed by atoms with E-state index in [9.17, 15) is 14.8 Å². The first-order chi connectivity index (χ1) is 16.4. The molecular formula is C24H24BN5O4. The Morgan fingerprint density at radius 3 is 2.85 bits per heavy atom. The van der Waals surface area contributed by atoms with Crippen LogP contribution in [0.5, 0.6) is 0 Å². The first kappa shape index (κ1) is 22.1. The molecule has 6 N–H and O–H groups in total. The van der Waals surface area contributed by atoms with Gasteiger partial charge in [0.1, 0.15) is 17.2 Å². The van der Waals surface area contributed by atoms with Crippen LogP contribution in [-0.4, -0.2) is 39.6 Å². The van der Waals surface area contributed by atoms with Crippen molar-refractivity contribution in [2.24, 2.45) is 5.73 Å². The van der Waals surface area contributed by atoms with E-state index in [1.165, 1.54) is 0 Å². The maximum atomic E-state index is 11.9. The Morgan fingerprint density at radius 2 is 2.06 bits per heavy atom. The summed E-state index contributed by atoms with van der Waals surface area (Å²) >= 11 is 0. The van der Waals surface area contributed by atoms with Gasteiger partial charge in [0.05, 0.1) is 16.8 Å². The second kappa shape index (κ2) is 8.90. The van der Waals surface area contributed by atoms with Gasteiger partial charge in [-0.05, 0) is 24.0 Å². The highest BCUT2D eigenvalue weighted by Crippen LogP contribution is 2.36. The van der Waals surface area contributed by atoms with E-state index in [0.29, 0.717) is 47.1 Å². The van der Waals surface area contributed by atoms with Crippen molar-refractivity contribution in [2.75, 3.05) is 11.9 Å². The number of benzene rings is 2. The van der Waals surface area contributed by atoms with Crippen LogP contribution in [0, 0.1) is 6.92 Å². The van der Waals surface area contributed by atoms with Crippen molar-refractivity contribution in [3.05, 3.63) is 70.6 Å². The summed E-state index contributed by atoms with van der Waals surface area (Å²) in [6, 6.07) is 12.4.